The van der Waals surface area contributed by atoms with E-state index < -0.39 is 10.0 Å². The topological polar surface area (TPSA) is 89.3 Å². The summed E-state index contributed by atoms with van der Waals surface area (Å²) in [6, 6.07) is 3.11. The van der Waals surface area contributed by atoms with E-state index in [0.717, 1.165) is 23.2 Å². The molecule has 2 rings (SSSR count). The molecule has 2 atom stereocenters. The fraction of sp³-hybridized carbons (Fsp3) is 0.533. The number of primary sulfonamides is 1. The molecule has 2 unspecified atom stereocenters. The van der Waals surface area contributed by atoms with Crippen LogP contribution >= 0.6 is 0 Å². The van der Waals surface area contributed by atoms with Gasteiger partial charge in [0.1, 0.15) is 0 Å². The maximum atomic E-state index is 12.1. The Kier molecular flexibility index (Phi) is 4.39. The van der Waals surface area contributed by atoms with E-state index in [1.807, 2.05) is 13.8 Å². The second kappa shape index (κ2) is 5.77. The molecule has 1 aromatic rings. The minimum Gasteiger partial charge on any atom is -0.325 e. The Hall–Kier alpha value is -1.40. The number of carbonyl (C=O) groups excluding carboxylic acids is 1. The molecule has 5 nitrogen and oxygen atoms in total. The van der Waals surface area contributed by atoms with E-state index in [2.05, 4.69) is 12.2 Å². The first-order chi connectivity index (χ1) is 9.77. The smallest absolute Gasteiger partial charge is 0.238 e. The van der Waals surface area contributed by atoms with Crippen LogP contribution in [-0.2, 0) is 27.7 Å². The van der Waals surface area contributed by atoms with Crippen molar-refractivity contribution in [2.45, 2.75) is 44.9 Å². The number of amides is 1. The summed E-state index contributed by atoms with van der Waals surface area (Å²) in [6.07, 6.45) is 2.18. The molecule has 0 spiro atoms. The molecule has 1 amide bonds. The number of hydrogen-bond acceptors (Lipinski definition) is 3. The van der Waals surface area contributed by atoms with Crippen molar-refractivity contribution >= 4 is 21.6 Å². The van der Waals surface area contributed by atoms with Crippen molar-refractivity contribution in [3.63, 3.8) is 0 Å². The van der Waals surface area contributed by atoms with Gasteiger partial charge in [-0.05, 0) is 48.4 Å². The number of rotatable bonds is 5. The highest BCUT2D eigenvalue weighted by Gasteiger charge is 2.39. The standard InChI is InChI=1S/C15H22N2O3S/c1-4-10-7-12(21(16,19)20)8-11(5-2)14(10)17-15(18)13-6-9(13)3/h7-9,13H,4-6H2,1-3H3,(H,17,18)(H2,16,19,20). The van der Waals surface area contributed by atoms with Gasteiger partial charge in [-0.2, -0.15) is 0 Å². The molecule has 21 heavy (non-hydrogen) atoms. The highest BCUT2D eigenvalue weighted by Crippen LogP contribution is 2.39. The first kappa shape index (κ1) is 16.0. The summed E-state index contributed by atoms with van der Waals surface area (Å²) in [7, 11) is -3.74. The molecule has 1 aliphatic rings. The monoisotopic (exact) mass is 310 g/mol. The Morgan fingerprint density at radius 1 is 1.29 bits per heavy atom. The molecule has 0 saturated heterocycles. The van der Waals surface area contributed by atoms with E-state index in [1.54, 1.807) is 12.1 Å². The van der Waals surface area contributed by atoms with Crippen molar-refractivity contribution in [2.75, 3.05) is 5.32 Å². The van der Waals surface area contributed by atoms with Gasteiger partial charge in [0, 0.05) is 11.6 Å². The van der Waals surface area contributed by atoms with Crippen molar-refractivity contribution in [3.8, 4) is 0 Å². The van der Waals surface area contributed by atoms with Crippen LogP contribution < -0.4 is 10.5 Å². The van der Waals surface area contributed by atoms with Gasteiger partial charge in [0.15, 0.2) is 0 Å². The lowest BCUT2D eigenvalue weighted by atomic mass is 10.0. The largest absolute Gasteiger partial charge is 0.325 e. The molecule has 3 N–H and O–H groups in total. The van der Waals surface area contributed by atoms with Crippen LogP contribution in [-0.4, -0.2) is 14.3 Å². The SMILES string of the molecule is CCc1cc(S(N)(=O)=O)cc(CC)c1NC(=O)C1CC1C. The normalized spacial score (nSPS) is 21.1. The Morgan fingerprint density at radius 2 is 1.76 bits per heavy atom. The zero-order valence-electron chi connectivity index (χ0n) is 12.6. The molecule has 0 aromatic heterocycles. The minimum absolute atomic E-state index is 0.0234. The third-order valence-electron chi connectivity index (χ3n) is 4.06. The van der Waals surface area contributed by atoms with Crippen LogP contribution in [0.5, 0.6) is 0 Å². The van der Waals surface area contributed by atoms with Gasteiger partial charge in [-0.15, -0.1) is 0 Å². The molecular formula is C15H22N2O3S. The average Bonchev–Trinajstić information content (AvgIpc) is 3.14. The van der Waals surface area contributed by atoms with Gasteiger partial charge in [0.05, 0.1) is 4.90 Å². The molecule has 1 fully saturated rings. The molecule has 1 aromatic carbocycles. The average molecular weight is 310 g/mol. The van der Waals surface area contributed by atoms with Crippen LogP contribution in [0.1, 0.15) is 38.3 Å². The van der Waals surface area contributed by atoms with Crippen LogP contribution in [0.3, 0.4) is 0 Å². The zero-order chi connectivity index (χ0) is 15.8. The number of carbonyl (C=O) groups is 1. The van der Waals surface area contributed by atoms with Gasteiger partial charge < -0.3 is 5.32 Å². The molecular weight excluding hydrogens is 288 g/mol. The number of nitrogens with two attached hydrogens (primary N) is 1. The number of anilines is 1. The summed E-state index contributed by atoms with van der Waals surface area (Å²) < 4.78 is 23.1. The van der Waals surface area contributed by atoms with Gasteiger partial charge in [0.2, 0.25) is 15.9 Å². The van der Waals surface area contributed by atoms with Crippen LogP contribution in [0.2, 0.25) is 0 Å². The van der Waals surface area contributed by atoms with Gasteiger partial charge in [0.25, 0.3) is 0 Å². The van der Waals surface area contributed by atoms with E-state index in [1.165, 1.54) is 0 Å². The highest BCUT2D eigenvalue weighted by molar-refractivity contribution is 7.89. The van der Waals surface area contributed by atoms with E-state index in [9.17, 15) is 13.2 Å². The fourth-order valence-corrected chi connectivity index (χ4v) is 3.13. The Bertz CT molecular complexity index is 642. The number of nitrogens with one attached hydrogen (secondary N) is 1. The number of sulfonamides is 1. The van der Waals surface area contributed by atoms with E-state index >= 15 is 0 Å². The second-order valence-electron chi connectivity index (χ2n) is 5.68. The molecule has 0 bridgehead atoms. The molecule has 0 aliphatic heterocycles. The predicted octanol–water partition coefficient (Wildman–Crippen LogP) is 2.05. The summed E-state index contributed by atoms with van der Waals surface area (Å²) in [5.74, 6) is 0.538. The third kappa shape index (κ3) is 3.44. The Morgan fingerprint density at radius 3 is 2.10 bits per heavy atom. The molecule has 1 aliphatic carbocycles. The first-order valence-electron chi connectivity index (χ1n) is 7.27. The maximum Gasteiger partial charge on any atom is 0.238 e. The Balaban J connectivity index is 2.41. The third-order valence-corrected chi connectivity index (χ3v) is 4.95. The fourth-order valence-electron chi connectivity index (χ4n) is 2.52. The summed E-state index contributed by atoms with van der Waals surface area (Å²) in [4.78, 5) is 12.3. The lowest BCUT2D eigenvalue weighted by Gasteiger charge is -2.16. The second-order valence-corrected chi connectivity index (χ2v) is 7.24. The molecule has 0 heterocycles. The highest BCUT2D eigenvalue weighted by atomic mass is 32.2. The molecule has 6 heteroatoms. The predicted molar refractivity (Wildman–Crippen MR) is 82.5 cm³/mol. The number of benzene rings is 1. The van der Waals surface area contributed by atoms with E-state index in [-0.39, 0.29) is 16.7 Å². The molecule has 1 saturated carbocycles. The Labute approximate surface area is 126 Å². The lowest BCUT2D eigenvalue weighted by Crippen LogP contribution is -2.19. The van der Waals surface area contributed by atoms with Crippen molar-refractivity contribution < 1.29 is 13.2 Å². The summed E-state index contributed by atoms with van der Waals surface area (Å²) in [5.41, 5.74) is 2.36. The van der Waals surface area contributed by atoms with E-state index in [4.69, 9.17) is 5.14 Å². The van der Waals surface area contributed by atoms with Gasteiger partial charge in [-0.25, -0.2) is 13.6 Å². The van der Waals surface area contributed by atoms with Crippen molar-refractivity contribution in [2.24, 2.45) is 17.0 Å². The van der Waals surface area contributed by atoms with Crippen LogP contribution in [0.25, 0.3) is 0 Å². The van der Waals surface area contributed by atoms with Crippen LogP contribution in [0, 0.1) is 11.8 Å². The van der Waals surface area contributed by atoms with Crippen molar-refractivity contribution in [1.82, 2.24) is 0 Å². The molecule has 0 radical (unpaired) electrons. The minimum atomic E-state index is -3.74. The summed E-state index contributed by atoms with van der Waals surface area (Å²) in [6.45, 7) is 5.91. The van der Waals surface area contributed by atoms with Gasteiger partial charge >= 0.3 is 0 Å². The summed E-state index contributed by atoms with van der Waals surface area (Å²) >= 11 is 0. The van der Waals surface area contributed by atoms with Gasteiger partial charge in [-0.1, -0.05) is 20.8 Å². The maximum absolute atomic E-state index is 12.1. The first-order valence-corrected chi connectivity index (χ1v) is 8.82. The summed E-state index contributed by atoms with van der Waals surface area (Å²) in [5, 5.41) is 8.19. The lowest BCUT2D eigenvalue weighted by molar-refractivity contribution is -0.117. The van der Waals surface area contributed by atoms with E-state index in [0.29, 0.717) is 18.8 Å². The number of aryl methyl sites for hydroxylation is 2. The van der Waals surface area contributed by atoms with Crippen molar-refractivity contribution in [1.29, 1.82) is 0 Å². The zero-order valence-corrected chi connectivity index (χ0v) is 13.5. The van der Waals surface area contributed by atoms with Crippen LogP contribution in [0.4, 0.5) is 5.69 Å². The quantitative estimate of drug-likeness (QED) is 0.872. The number of hydrogen-bond donors (Lipinski definition) is 2. The molecule has 116 valence electrons. The van der Waals surface area contributed by atoms with Crippen LogP contribution in [0.15, 0.2) is 17.0 Å². The van der Waals surface area contributed by atoms with Gasteiger partial charge in [-0.3, -0.25) is 4.79 Å². The van der Waals surface area contributed by atoms with Crippen molar-refractivity contribution in [3.05, 3.63) is 23.3 Å².